The maximum absolute atomic E-state index is 12.2. The second-order valence-corrected chi connectivity index (χ2v) is 5.68. The number of carbonyl (C=O) groups excluding carboxylic acids is 1. The third kappa shape index (κ3) is 1.81. The van der Waals surface area contributed by atoms with Crippen molar-refractivity contribution in [2.24, 2.45) is 0 Å². The molecule has 0 unspecified atom stereocenters. The lowest BCUT2D eigenvalue weighted by molar-refractivity contribution is 0.0982. The summed E-state index contributed by atoms with van der Waals surface area (Å²) in [5, 5.41) is 7.43. The average molecular weight is 272 g/mol. The SMILES string of the molecule is CCCC(=O)c1cc2ccc3cccc4ccc(c1)c2c34. The maximum atomic E-state index is 12.2. The first kappa shape index (κ1) is 12.3. The molecule has 0 spiro atoms. The Morgan fingerprint density at radius 1 is 0.810 bits per heavy atom. The minimum Gasteiger partial charge on any atom is -0.294 e. The highest BCUT2D eigenvalue weighted by Gasteiger charge is 2.11. The first-order valence-electron chi connectivity index (χ1n) is 7.48. The predicted octanol–water partition coefficient (Wildman–Crippen LogP) is 5.57. The van der Waals surface area contributed by atoms with Gasteiger partial charge in [0.25, 0.3) is 0 Å². The Labute approximate surface area is 123 Å². The highest BCUT2D eigenvalue weighted by molar-refractivity contribution is 6.24. The maximum Gasteiger partial charge on any atom is 0.162 e. The fourth-order valence-electron chi connectivity index (χ4n) is 3.29. The Morgan fingerprint density at radius 2 is 1.33 bits per heavy atom. The molecule has 0 heterocycles. The molecule has 4 rings (SSSR count). The predicted molar refractivity (Wildman–Crippen MR) is 89.4 cm³/mol. The molecular formula is C20H16O. The largest absolute Gasteiger partial charge is 0.294 e. The first-order chi connectivity index (χ1) is 10.3. The average Bonchev–Trinajstić information content (AvgIpc) is 2.52. The van der Waals surface area contributed by atoms with Gasteiger partial charge in [-0.3, -0.25) is 4.79 Å². The van der Waals surface area contributed by atoms with Gasteiger partial charge in [-0.05, 0) is 50.9 Å². The van der Waals surface area contributed by atoms with Gasteiger partial charge < -0.3 is 0 Å². The Kier molecular flexibility index (Phi) is 2.68. The van der Waals surface area contributed by atoms with Crippen molar-refractivity contribution in [3.8, 4) is 0 Å². The van der Waals surface area contributed by atoms with Gasteiger partial charge >= 0.3 is 0 Å². The van der Waals surface area contributed by atoms with Crippen molar-refractivity contribution in [1.29, 1.82) is 0 Å². The normalized spacial score (nSPS) is 11.7. The van der Waals surface area contributed by atoms with Gasteiger partial charge in [0.2, 0.25) is 0 Å². The van der Waals surface area contributed by atoms with Crippen molar-refractivity contribution in [3.63, 3.8) is 0 Å². The van der Waals surface area contributed by atoms with Crippen LogP contribution in [0.25, 0.3) is 32.3 Å². The van der Waals surface area contributed by atoms with Gasteiger partial charge in [0, 0.05) is 12.0 Å². The van der Waals surface area contributed by atoms with Crippen LogP contribution in [0.2, 0.25) is 0 Å². The minimum absolute atomic E-state index is 0.239. The zero-order chi connectivity index (χ0) is 14.4. The van der Waals surface area contributed by atoms with Gasteiger partial charge in [0.05, 0.1) is 0 Å². The summed E-state index contributed by atoms with van der Waals surface area (Å²) in [7, 11) is 0. The van der Waals surface area contributed by atoms with Crippen LogP contribution in [0.15, 0.2) is 54.6 Å². The van der Waals surface area contributed by atoms with Gasteiger partial charge in [0.1, 0.15) is 0 Å². The molecule has 0 N–H and O–H groups in total. The van der Waals surface area contributed by atoms with Crippen molar-refractivity contribution >= 4 is 38.1 Å². The number of hydrogen-bond donors (Lipinski definition) is 0. The van der Waals surface area contributed by atoms with Crippen LogP contribution in [0.1, 0.15) is 30.1 Å². The standard InChI is InChI=1S/C20H16O/c1-2-4-18(21)17-11-15-9-7-13-5-3-6-14-8-10-16(12-17)20(15)19(13)14/h3,5-12H,2,4H2,1H3. The van der Waals surface area contributed by atoms with Crippen LogP contribution < -0.4 is 0 Å². The summed E-state index contributed by atoms with van der Waals surface area (Å²) in [5.74, 6) is 0.239. The smallest absolute Gasteiger partial charge is 0.162 e. The fraction of sp³-hybridized carbons (Fsp3) is 0.150. The van der Waals surface area contributed by atoms with Gasteiger partial charge in [-0.2, -0.15) is 0 Å². The summed E-state index contributed by atoms with van der Waals surface area (Å²) in [6.07, 6.45) is 1.51. The van der Waals surface area contributed by atoms with E-state index in [-0.39, 0.29) is 5.78 Å². The number of rotatable bonds is 3. The van der Waals surface area contributed by atoms with Crippen LogP contribution in [-0.2, 0) is 0 Å². The van der Waals surface area contributed by atoms with Crippen molar-refractivity contribution in [2.75, 3.05) is 0 Å². The van der Waals surface area contributed by atoms with Crippen LogP contribution in [0.3, 0.4) is 0 Å². The monoisotopic (exact) mass is 272 g/mol. The molecule has 102 valence electrons. The fourth-order valence-corrected chi connectivity index (χ4v) is 3.29. The molecule has 0 aliphatic carbocycles. The Hall–Kier alpha value is -2.41. The molecule has 0 fully saturated rings. The number of ketones is 1. The van der Waals surface area contributed by atoms with E-state index in [4.69, 9.17) is 0 Å². The Morgan fingerprint density at radius 3 is 1.90 bits per heavy atom. The molecule has 0 saturated carbocycles. The first-order valence-corrected chi connectivity index (χ1v) is 7.48. The van der Waals surface area contributed by atoms with Crippen LogP contribution >= 0.6 is 0 Å². The van der Waals surface area contributed by atoms with Crippen LogP contribution in [0, 0.1) is 0 Å². The van der Waals surface area contributed by atoms with Gasteiger partial charge in [0.15, 0.2) is 5.78 Å². The van der Waals surface area contributed by atoms with E-state index in [1.54, 1.807) is 0 Å². The van der Waals surface area contributed by atoms with E-state index in [0.717, 1.165) is 22.8 Å². The molecule has 0 aliphatic heterocycles. The van der Waals surface area contributed by atoms with Crippen molar-refractivity contribution in [1.82, 2.24) is 0 Å². The highest BCUT2D eigenvalue weighted by Crippen LogP contribution is 2.35. The third-order valence-corrected chi connectivity index (χ3v) is 4.26. The van der Waals surface area contributed by atoms with E-state index in [1.165, 1.54) is 21.5 Å². The third-order valence-electron chi connectivity index (χ3n) is 4.26. The molecule has 1 nitrogen and oxygen atoms in total. The summed E-state index contributed by atoms with van der Waals surface area (Å²) in [4.78, 5) is 12.2. The van der Waals surface area contributed by atoms with E-state index in [2.05, 4.69) is 42.5 Å². The molecule has 0 aliphatic rings. The van der Waals surface area contributed by atoms with E-state index in [9.17, 15) is 4.79 Å². The van der Waals surface area contributed by atoms with E-state index in [1.807, 2.05) is 19.1 Å². The van der Waals surface area contributed by atoms with Crippen LogP contribution in [0.5, 0.6) is 0 Å². The van der Waals surface area contributed by atoms with Gasteiger partial charge in [-0.15, -0.1) is 0 Å². The van der Waals surface area contributed by atoms with E-state index >= 15 is 0 Å². The lowest BCUT2D eigenvalue weighted by Gasteiger charge is -2.12. The van der Waals surface area contributed by atoms with E-state index in [0.29, 0.717) is 6.42 Å². The second kappa shape index (κ2) is 4.56. The number of benzene rings is 4. The van der Waals surface area contributed by atoms with Crippen LogP contribution in [0.4, 0.5) is 0 Å². The van der Waals surface area contributed by atoms with Crippen molar-refractivity contribution in [2.45, 2.75) is 19.8 Å². The molecule has 0 amide bonds. The lowest BCUT2D eigenvalue weighted by atomic mass is 9.92. The number of Topliss-reactive ketones (excluding diaryl/α,β-unsaturated/α-hetero) is 1. The molecular weight excluding hydrogens is 256 g/mol. The Balaban J connectivity index is 2.11. The Bertz CT molecular complexity index is 902. The summed E-state index contributed by atoms with van der Waals surface area (Å²) in [6.45, 7) is 2.04. The van der Waals surface area contributed by atoms with Gasteiger partial charge in [-0.25, -0.2) is 0 Å². The molecule has 0 aromatic heterocycles. The lowest BCUT2D eigenvalue weighted by Crippen LogP contribution is -1.98. The van der Waals surface area contributed by atoms with Crippen molar-refractivity contribution < 1.29 is 4.79 Å². The zero-order valence-electron chi connectivity index (χ0n) is 12.0. The highest BCUT2D eigenvalue weighted by atomic mass is 16.1. The minimum atomic E-state index is 0.239. The molecule has 4 aromatic rings. The van der Waals surface area contributed by atoms with Crippen molar-refractivity contribution in [3.05, 3.63) is 60.2 Å². The van der Waals surface area contributed by atoms with Gasteiger partial charge in [-0.1, -0.05) is 49.4 Å². The molecule has 0 saturated heterocycles. The molecule has 0 atom stereocenters. The molecule has 0 radical (unpaired) electrons. The summed E-state index contributed by atoms with van der Waals surface area (Å²) in [6, 6.07) is 19.1. The molecule has 4 aromatic carbocycles. The summed E-state index contributed by atoms with van der Waals surface area (Å²) >= 11 is 0. The van der Waals surface area contributed by atoms with E-state index < -0.39 is 0 Å². The molecule has 1 heteroatoms. The quantitative estimate of drug-likeness (QED) is 0.352. The molecule has 21 heavy (non-hydrogen) atoms. The topological polar surface area (TPSA) is 17.1 Å². The number of carbonyl (C=O) groups is 1. The second-order valence-electron chi connectivity index (χ2n) is 5.68. The zero-order valence-corrected chi connectivity index (χ0v) is 12.0. The summed E-state index contributed by atoms with van der Waals surface area (Å²) < 4.78 is 0. The van der Waals surface area contributed by atoms with Crippen LogP contribution in [-0.4, -0.2) is 5.78 Å². The summed E-state index contributed by atoms with van der Waals surface area (Å²) in [5.41, 5.74) is 0.836. The molecule has 0 bridgehead atoms. The number of hydrogen-bond acceptors (Lipinski definition) is 1.